The minimum Gasteiger partial charge on any atom is -0.275 e. The van der Waals surface area contributed by atoms with Gasteiger partial charge >= 0.3 is 6.03 Å². The molecule has 0 fully saturated rings. The molecule has 0 aromatic carbocycles. The number of anilines is 1. The highest BCUT2D eigenvalue weighted by Gasteiger charge is 2.05. The topological polar surface area (TPSA) is 91.8 Å². The van der Waals surface area contributed by atoms with Gasteiger partial charge in [-0.15, -0.1) is 0 Å². The molecule has 0 bridgehead atoms. The van der Waals surface area contributed by atoms with Crippen molar-refractivity contribution < 1.29 is 4.79 Å². The Balaban J connectivity index is 2.18. The number of pyridine rings is 1. The molecular weight excluding hydrogens is 232 g/mol. The van der Waals surface area contributed by atoms with Gasteiger partial charge in [0.05, 0.1) is 5.69 Å². The van der Waals surface area contributed by atoms with Crippen LogP contribution < -0.4 is 16.2 Å². The lowest BCUT2D eigenvalue weighted by Crippen LogP contribution is -2.38. The Morgan fingerprint density at radius 2 is 2.17 bits per heavy atom. The summed E-state index contributed by atoms with van der Waals surface area (Å²) in [5, 5.41) is 2.50. The van der Waals surface area contributed by atoms with Crippen molar-refractivity contribution in [2.75, 3.05) is 12.4 Å². The first-order valence-electron chi connectivity index (χ1n) is 5.27. The van der Waals surface area contributed by atoms with E-state index in [1.54, 1.807) is 31.7 Å². The van der Waals surface area contributed by atoms with Gasteiger partial charge in [0.15, 0.2) is 0 Å². The Bertz CT molecular complexity index is 530. The molecule has 2 heterocycles. The van der Waals surface area contributed by atoms with Crippen LogP contribution in [0, 0.1) is 0 Å². The summed E-state index contributed by atoms with van der Waals surface area (Å²) in [5.41, 5.74) is 6.42. The Labute approximate surface area is 104 Å². The third-order valence-electron chi connectivity index (χ3n) is 2.08. The van der Waals surface area contributed by atoms with Gasteiger partial charge in [-0.2, -0.15) is 0 Å². The summed E-state index contributed by atoms with van der Waals surface area (Å²) in [5.74, 6) is 0.226. The number of rotatable bonds is 3. The molecule has 2 aromatic rings. The van der Waals surface area contributed by atoms with Crippen LogP contribution in [0.5, 0.6) is 0 Å². The number of carbonyl (C=O) groups is 1. The van der Waals surface area contributed by atoms with E-state index in [0.29, 0.717) is 5.69 Å². The first kappa shape index (κ1) is 11.9. The molecule has 0 spiro atoms. The van der Waals surface area contributed by atoms with Crippen LogP contribution in [0.3, 0.4) is 0 Å². The molecular formula is C11H12N6O. The van der Waals surface area contributed by atoms with Crippen LogP contribution in [-0.4, -0.2) is 28.0 Å². The lowest BCUT2D eigenvalue weighted by Gasteiger charge is -2.06. The standard InChI is InChI=1S/C11H12N6O/c1-12-17-11(18)16-10-14-6-4-9(15-10)8-3-2-5-13-7-8/h2-7,12H,1H3,(H2,14,15,16,17,18). The number of hydrazine groups is 1. The Morgan fingerprint density at radius 1 is 1.28 bits per heavy atom. The van der Waals surface area contributed by atoms with Crippen molar-refractivity contribution >= 4 is 12.0 Å². The van der Waals surface area contributed by atoms with E-state index in [9.17, 15) is 4.79 Å². The molecule has 3 N–H and O–H groups in total. The second-order valence-electron chi connectivity index (χ2n) is 3.34. The van der Waals surface area contributed by atoms with Gasteiger partial charge in [0.1, 0.15) is 0 Å². The highest BCUT2D eigenvalue weighted by molar-refractivity contribution is 5.87. The minimum atomic E-state index is -0.430. The van der Waals surface area contributed by atoms with E-state index in [2.05, 4.69) is 31.1 Å². The maximum absolute atomic E-state index is 11.3. The maximum atomic E-state index is 11.3. The maximum Gasteiger partial charge on any atom is 0.335 e. The van der Waals surface area contributed by atoms with E-state index < -0.39 is 6.03 Å². The second kappa shape index (κ2) is 5.69. The van der Waals surface area contributed by atoms with Crippen molar-refractivity contribution in [1.29, 1.82) is 0 Å². The lowest BCUT2D eigenvalue weighted by molar-refractivity contribution is 0.249. The van der Waals surface area contributed by atoms with E-state index in [4.69, 9.17) is 0 Å². The third kappa shape index (κ3) is 2.98. The summed E-state index contributed by atoms with van der Waals surface area (Å²) >= 11 is 0. The lowest BCUT2D eigenvalue weighted by atomic mass is 10.2. The molecule has 0 radical (unpaired) electrons. The summed E-state index contributed by atoms with van der Waals surface area (Å²) in [7, 11) is 1.59. The molecule has 0 aliphatic rings. The molecule has 7 nitrogen and oxygen atoms in total. The smallest absolute Gasteiger partial charge is 0.275 e. The van der Waals surface area contributed by atoms with Gasteiger partial charge in [0, 0.05) is 31.2 Å². The van der Waals surface area contributed by atoms with Crippen molar-refractivity contribution in [3.8, 4) is 11.3 Å². The quantitative estimate of drug-likeness (QED) is 0.694. The molecule has 0 aliphatic heterocycles. The monoisotopic (exact) mass is 244 g/mol. The van der Waals surface area contributed by atoms with Gasteiger partial charge < -0.3 is 0 Å². The van der Waals surface area contributed by atoms with Gasteiger partial charge in [0.25, 0.3) is 0 Å². The number of amides is 2. The highest BCUT2D eigenvalue weighted by atomic mass is 16.2. The summed E-state index contributed by atoms with van der Waals surface area (Å²) in [6.07, 6.45) is 4.95. The van der Waals surface area contributed by atoms with Gasteiger partial charge in [-0.25, -0.2) is 20.2 Å². The molecule has 0 atom stereocenters. The zero-order valence-corrected chi connectivity index (χ0v) is 9.71. The SMILES string of the molecule is CNNC(=O)Nc1nccc(-c2cccnc2)n1. The number of hydrogen-bond acceptors (Lipinski definition) is 5. The first-order chi connectivity index (χ1) is 8.79. The number of nitrogens with one attached hydrogen (secondary N) is 3. The number of nitrogens with zero attached hydrogens (tertiary/aromatic N) is 3. The van der Waals surface area contributed by atoms with Gasteiger partial charge in [0.2, 0.25) is 5.95 Å². The summed E-state index contributed by atoms with van der Waals surface area (Å²) in [4.78, 5) is 23.5. The summed E-state index contributed by atoms with van der Waals surface area (Å²) < 4.78 is 0. The fraction of sp³-hybridized carbons (Fsp3) is 0.0909. The van der Waals surface area contributed by atoms with Crippen LogP contribution in [0.25, 0.3) is 11.3 Å². The van der Waals surface area contributed by atoms with Crippen molar-refractivity contribution in [3.05, 3.63) is 36.8 Å². The average Bonchev–Trinajstić information content (AvgIpc) is 2.40. The number of carbonyl (C=O) groups excluding carboxylic acids is 1. The fourth-order valence-electron chi connectivity index (χ4n) is 1.34. The van der Waals surface area contributed by atoms with Gasteiger partial charge in [-0.3, -0.25) is 15.7 Å². The van der Waals surface area contributed by atoms with Gasteiger partial charge in [-0.05, 0) is 18.2 Å². The molecule has 7 heteroatoms. The fourth-order valence-corrected chi connectivity index (χ4v) is 1.34. The molecule has 2 rings (SSSR count). The van der Waals surface area contributed by atoms with Crippen LogP contribution in [-0.2, 0) is 0 Å². The minimum absolute atomic E-state index is 0.226. The zero-order valence-electron chi connectivity index (χ0n) is 9.71. The normalized spacial score (nSPS) is 9.83. The predicted octanol–water partition coefficient (Wildman–Crippen LogP) is 0.794. The van der Waals surface area contributed by atoms with Crippen LogP contribution in [0.1, 0.15) is 0 Å². The molecule has 92 valence electrons. The number of urea groups is 1. The van der Waals surface area contributed by atoms with Crippen LogP contribution in [0.4, 0.5) is 10.7 Å². The zero-order chi connectivity index (χ0) is 12.8. The molecule has 0 saturated carbocycles. The number of aromatic nitrogens is 3. The van der Waals surface area contributed by atoms with Crippen molar-refractivity contribution in [2.24, 2.45) is 0 Å². The van der Waals surface area contributed by atoms with Crippen molar-refractivity contribution in [2.45, 2.75) is 0 Å². The predicted molar refractivity (Wildman–Crippen MR) is 66.5 cm³/mol. The summed E-state index contributed by atoms with van der Waals surface area (Å²) in [6.45, 7) is 0. The Morgan fingerprint density at radius 3 is 2.89 bits per heavy atom. The average molecular weight is 244 g/mol. The van der Waals surface area contributed by atoms with E-state index in [1.165, 1.54) is 0 Å². The molecule has 2 amide bonds. The molecule has 18 heavy (non-hydrogen) atoms. The molecule has 0 saturated heterocycles. The Kier molecular flexibility index (Phi) is 3.77. The van der Waals surface area contributed by atoms with E-state index in [-0.39, 0.29) is 5.95 Å². The van der Waals surface area contributed by atoms with E-state index in [1.807, 2.05) is 12.1 Å². The van der Waals surface area contributed by atoms with Crippen molar-refractivity contribution in [3.63, 3.8) is 0 Å². The largest absolute Gasteiger partial charge is 0.335 e. The van der Waals surface area contributed by atoms with Crippen LogP contribution >= 0.6 is 0 Å². The van der Waals surface area contributed by atoms with Crippen LogP contribution in [0.2, 0.25) is 0 Å². The third-order valence-corrected chi connectivity index (χ3v) is 2.08. The molecule has 2 aromatic heterocycles. The molecule has 0 aliphatic carbocycles. The highest BCUT2D eigenvalue weighted by Crippen LogP contribution is 2.15. The number of hydrogen-bond donors (Lipinski definition) is 3. The second-order valence-corrected chi connectivity index (χ2v) is 3.34. The van der Waals surface area contributed by atoms with E-state index in [0.717, 1.165) is 5.56 Å². The van der Waals surface area contributed by atoms with Gasteiger partial charge in [-0.1, -0.05) is 0 Å². The van der Waals surface area contributed by atoms with E-state index >= 15 is 0 Å². The summed E-state index contributed by atoms with van der Waals surface area (Å²) in [6, 6.07) is 5.02. The first-order valence-corrected chi connectivity index (χ1v) is 5.27. The Hall–Kier alpha value is -2.54. The van der Waals surface area contributed by atoms with Crippen molar-refractivity contribution in [1.82, 2.24) is 25.8 Å². The van der Waals surface area contributed by atoms with Crippen LogP contribution in [0.15, 0.2) is 36.8 Å². The molecule has 0 unspecified atom stereocenters.